The minimum Gasteiger partial charge on any atom is -0.444 e. The van der Waals surface area contributed by atoms with Gasteiger partial charge in [0, 0.05) is 10.6 Å². The second kappa shape index (κ2) is 6.69. The van der Waals surface area contributed by atoms with E-state index in [9.17, 15) is 9.59 Å². The van der Waals surface area contributed by atoms with Crippen molar-refractivity contribution in [1.82, 2.24) is 5.32 Å². The molecule has 1 rings (SSSR count). The van der Waals surface area contributed by atoms with Gasteiger partial charge in [-0.15, -0.1) is 0 Å². The lowest BCUT2D eigenvalue weighted by molar-refractivity contribution is 0.0446. The number of nitrogens with one attached hydrogen (secondary N) is 1. The van der Waals surface area contributed by atoms with E-state index in [1.807, 2.05) is 20.8 Å². The van der Waals surface area contributed by atoms with Gasteiger partial charge in [-0.05, 0) is 50.5 Å². The fraction of sp³-hybridized carbons (Fsp3) is 0.529. The number of benzene rings is 1. The molecule has 0 saturated carbocycles. The first-order chi connectivity index (χ1) is 9.90. The summed E-state index contributed by atoms with van der Waals surface area (Å²) in [6, 6.07) is 5.92. The van der Waals surface area contributed by atoms with Gasteiger partial charge < -0.3 is 10.1 Å². The molecule has 0 spiro atoms. The zero-order chi connectivity index (χ0) is 17.1. The normalized spacial score (nSPS) is 13.4. The highest BCUT2D eigenvalue weighted by Gasteiger charge is 2.34. The number of hydrogen-bond donors (Lipinski definition) is 1. The van der Waals surface area contributed by atoms with Gasteiger partial charge in [0.1, 0.15) is 11.6 Å². The molecule has 0 bridgehead atoms. The molecule has 0 radical (unpaired) electrons. The summed E-state index contributed by atoms with van der Waals surface area (Å²) >= 11 is 5.84. The van der Waals surface area contributed by atoms with Crippen molar-refractivity contribution in [2.45, 2.75) is 53.2 Å². The Morgan fingerprint density at radius 3 is 1.95 bits per heavy atom. The average Bonchev–Trinajstić information content (AvgIpc) is 2.32. The first-order valence-corrected chi connectivity index (χ1v) is 7.57. The van der Waals surface area contributed by atoms with E-state index in [-0.39, 0.29) is 5.78 Å². The van der Waals surface area contributed by atoms with Gasteiger partial charge in [-0.25, -0.2) is 4.79 Å². The van der Waals surface area contributed by atoms with Crippen LogP contribution in [0, 0.1) is 5.41 Å². The molecule has 0 heterocycles. The van der Waals surface area contributed by atoms with Gasteiger partial charge >= 0.3 is 6.09 Å². The zero-order valence-electron chi connectivity index (χ0n) is 14.0. The summed E-state index contributed by atoms with van der Waals surface area (Å²) < 4.78 is 5.25. The predicted octanol–water partition coefficient (Wildman–Crippen LogP) is 4.46. The Hall–Kier alpha value is -1.55. The van der Waals surface area contributed by atoms with Crippen molar-refractivity contribution in [3.63, 3.8) is 0 Å². The van der Waals surface area contributed by atoms with Gasteiger partial charge in [-0.1, -0.05) is 32.4 Å². The Balaban J connectivity index is 2.96. The molecule has 4 nitrogen and oxygen atoms in total. The Bertz CT molecular complexity index is 539. The summed E-state index contributed by atoms with van der Waals surface area (Å²) in [5.41, 5.74) is -0.566. The van der Waals surface area contributed by atoms with Crippen molar-refractivity contribution in [3.8, 4) is 0 Å². The van der Waals surface area contributed by atoms with Crippen molar-refractivity contribution in [1.29, 1.82) is 0 Å². The largest absolute Gasteiger partial charge is 0.444 e. The van der Waals surface area contributed by atoms with Crippen LogP contribution in [-0.2, 0) is 4.74 Å². The fourth-order valence-electron chi connectivity index (χ4n) is 1.88. The predicted molar refractivity (Wildman–Crippen MR) is 88.4 cm³/mol. The number of carbonyl (C=O) groups excluding carboxylic acids is 2. The third-order valence-corrected chi connectivity index (χ3v) is 3.17. The van der Waals surface area contributed by atoms with E-state index in [2.05, 4.69) is 5.32 Å². The molecule has 0 fully saturated rings. The summed E-state index contributed by atoms with van der Waals surface area (Å²) in [5.74, 6) is -0.171. The number of alkyl carbamates (subject to hydrolysis) is 1. The van der Waals surface area contributed by atoms with Gasteiger partial charge in [0.25, 0.3) is 0 Å². The molecule has 0 aromatic heterocycles. The highest BCUT2D eigenvalue weighted by Crippen LogP contribution is 2.24. The van der Waals surface area contributed by atoms with E-state index in [4.69, 9.17) is 16.3 Å². The van der Waals surface area contributed by atoms with E-state index in [0.29, 0.717) is 10.6 Å². The third-order valence-electron chi connectivity index (χ3n) is 2.92. The molecule has 1 amide bonds. The molecular weight excluding hydrogens is 302 g/mol. The molecule has 22 heavy (non-hydrogen) atoms. The lowest BCUT2D eigenvalue weighted by atomic mass is 9.82. The number of amides is 1. The Morgan fingerprint density at radius 1 is 1.05 bits per heavy atom. The Morgan fingerprint density at radius 2 is 1.55 bits per heavy atom. The quantitative estimate of drug-likeness (QED) is 0.835. The summed E-state index contributed by atoms with van der Waals surface area (Å²) in [5, 5.41) is 3.24. The Kier molecular flexibility index (Phi) is 5.63. The smallest absolute Gasteiger partial charge is 0.408 e. The maximum absolute atomic E-state index is 12.7. The molecule has 0 saturated heterocycles. The molecule has 1 atom stereocenters. The molecule has 0 aliphatic rings. The van der Waals surface area contributed by atoms with Crippen LogP contribution in [0.1, 0.15) is 51.9 Å². The number of ether oxygens (including phenoxy) is 1. The monoisotopic (exact) mass is 325 g/mol. The molecule has 0 aliphatic heterocycles. The second-order valence-corrected chi connectivity index (χ2v) is 7.75. The molecule has 122 valence electrons. The molecule has 5 heteroatoms. The van der Waals surface area contributed by atoms with Crippen LogP contribution in [0.3, 0.4) is 0 Å². The van der Waals surface area contributed by atoms with E-state index in [1.165, 1.54) is 0 Å². The average molecular weight is 326 g/mol. The van der Waals surface area contributed by atoms with Gasteiger partial charge in [-0.3, -0.25) is 4.79 Å². The third kappa shape index (κ3) is 5.68. The van der Waals surface area contributed by atoms with Crippen LogP contribution in [0.2, 0.25) is 5.02 Å². The topological polar surface area (TPSA) is 55.4 Å². The van der Waals surface area contributed by atoms with E-state index in [0.717, 1.165) is 0 Å². The molecule has 1 N–H and O–H groups in total. The minimum atomic E-state index is -0.691. The minimum absolute atomic E-state index is 0.171. The highest BCUT2D eigenvalue weighted by molar-refractivity contribution is 6.30. The van der Waals surface area contributed by atoms with E-state index in [1.54, 1.807) is 45.0 Å². The fourth-order valence-corrected chi connectivity index (χ4v) is 2.01. The molecule has 1 unspecified atom stereocenters. The number of ketones is 1. The molecule has 1 aromatic rings. The van der Waals surface area contributed by atoms with Crippen molar-refractivity contribution in [3.05, 3.63) is 34.9 Å². The number of rotatable bonds is 3. The summed E-state index contributed by atoms with van der Waals surface area (Å²) in [4.78, 5) is 24.7. The van der Waals surface area contributed by atoms with Crippen LogP contribution < -0.4 is 5.32 Å². The maximum atomic E-state index is 12.7. The van der Waals surface area contributed by atoms with Crippen LogP contribution in [0.15, 0.2) is 24.3 Å². The van der Waals surface area contributed by atoms with Gasteiger partial charge in [0.2, 0.25) is 0 Å². The Labute approximate surface area is 137 Å². The zero-order valence-corrected chi connectivity index (χ0v) is 14.7. The molecule has 1 aromatic carbocycles. The van der Waals surface area contributed by atoms with Gasteiger partial charge in [0.15, 0.2) is 5.78 Å². The number of halogens is 1. The summed E-state index contributed by atoms with van der Waals surface area (Å²) in [6.07, 6.45) is -0.602. The van der Waals surface area contributed by atoms with Crippen LogP contribution in [-0.4, -0.2) is 23.5 Å². The summed E-state index contributed by atoms with van der Waals surface area (Å²) in [6.45, 7) is 11.0. The number of hydrogen-bond acceptors (Lipinski definition) is 3. The van der Waals surface area contributed by atoms with Crippen LogP contribution in [0.4, 0.5) is 4.79 Å². The highest BCUT2D eigenvalue weighted by atomic mass is 35.5. The van der Waals surface area contributed by atoms with Crippen molar-refractivity contribution < 1.29 is 14.3 Å². The molecule has 0 aliphatic carbocycles. The van der Waals surface area contributed by atoms with Gasteiger partial charge in [0.05, 0.1) is 0 Å². The summed E-state index contributed by atoms with van der Waals surface area (Å²) in [7, 11) is 0. The van der Waals surface area contributed by atoms with E-state index >= 15 is 0 Å². The van der Waals surface area contributed by atoms with E-state index < -0.39 is 23.2 Å². The lowest BCUT2D eigenvalue weighted by Crippen LogP contribution is -2.50. The maximum Gasteiger partial charge on any atom is 0.408 e. The number of carbonyl (C=O) groups is 2. The van der Waals surface area contributed by atoms with Crippen LogP contribution in [0.5, 0.6) is 0 Å². The van der Waals surface area contributed by atoms with Crippen molar-refractivity contribution in [2.24, 2.45) is 5.41 Å². The van der Waals surface area contributed by atoms with Crippen LogP contribution >= 0.6 is 11.6 Å². The van der Waals surface area contributed by atoms with Crippen LogP contribution in [0.25, 0.3) is 0 Å². The van der Waals surface area contributed by atoms with Crippen molar-refractivity contribution >= 4 is 23.5 Å². The first-order valence-electron chi connectivity index (χ1n) is 7.19. The second-order valence-electron chi connectivity index (χ2n) is 7.32. The van der Waals surface area contributed by atoms with Gasteiger partial charge in [-0.2, -0.15) is 0 Å². The molecular formula is C17H24ClNO3. The lowest BCUT2D eigenvalue weighted by Gasteiger charge is -2.31. The standard InChI is InChI=1S/C17H24ClNO3/c1-16(2,3)14(19-15(21)22-17(4,5)6)13(20)11-7-9-12(18)10-8-11/h7-10,14H,1-6H3,(H,19,21). The SMILES string of the molecule is CC(C)(C)OC(=O)NC(C(=O)c1ccc(Cl)cc1)C(C)(C)C. The first kappa shape index (κ1) is 18.5. The number of Topliss-reactive ketones (excluding diaryl/α,β-unsaturated/α-hetero) is 1. The van der Waals surface area contributed by atoms with Crippen molar-refractivity contribution in [2.75, 3.05) is 0 Å².